The molecule has 1 aliphatic rings. The number of aromatic nitrogens is 1. The Morgan fingerprint density at radius 1 is 0.720 bits per heavy atom. The van der Waals surface area contributed by atoms with Crippen LogP contribution in [-0.4, -0.2) is 10.8 Å². The summed E-state index contributed by atoms with van der Waals surface area (Å²) < 4.78 is 0. The number of hydrogen-bond acceptors (Lipinski definition) is 2. The van der Waals surface area contributed by atoms with Crippen molar-refractivity contribution in [3.63, 3.8) is 0 Å². The number of aromatic amines is 1. The SMILES string of the molecule is c1ccc(C2=NC(c3ccccc3)c3c([nH]c4ccccc34)N2)cc1. The molecule has 1 unspecified atom stereocenters. The van der Waals surface area contributed by atoms with Crippen molar-refractivity contribution >= 4 is 22.6 Å². The molecule has 0 saturated heterocycles. The minimum atomic E-state index is -0.0243. The van der Waals surface area contributed by atoms with E-state index in [9.17, 15) is 0 Å². The summed E-state index contributed by atoms with van der Waals surface area (Å²) in [7, 11) is 0. The maximum atomic E-state index is 5.07. The van der Waals surface area contributed by atoms with Gasteiger partial charge in [0.1, 0.15) is 17.7 Å². The summed E-state index contributed by atoms with van der Waals surface area (Å²) in [6.45, 7) is 0. The molecule has 0 bridgehead atoms. The van der Waals surface area contributed by atoms with Crippen LogP contribution in [0.1, 0.15) is 22.7 Å². The van der Waals surface area contributed by atoms with E-state index in [4.69, 9.17) is 4.99 Å². The Kier molecular flexibility index (Phi) is 3.17. The number of nitrogens with zero attached hydrogens (tertiary/aromatic N) is 1. The largest absolute Gasteiger partial charge is 0.341 e. The Morgan fingerprint density at radius 3 is 2.20 bits per heavy atom. The van der Waals surface area contributed by atoms with Crippen molar-refractivity contribution < 1.29 is 0 Å². The molecule has 1 aromatic heterocycles. The molecule has 0 fully saturated rings. The number of rotatable bonds is 2. The lowest BCUT2D eigenvalue weighted by atomic mass is 9.96. The van der Waals surface area contributed by atoms with E-state index in [1.807, 2.05) is 24.3 Å². The zero-order chi connectivity index (χ0) is 16.6. The Hall–Kier alpha value is -3.33. The van der Waals surface area contributed by atoms with Gasteiger partial charge in [-0.1, -0.05) is 78.9 Å². The molecule has 0 aliphatic carbocycles. The van der Waals surface area contributed by atoms with E-state index in [1.54, 1.807) is 0 Å². The van der Waals surface area contributed by atoms with Crippen molar-refractivity contribution in [2.45, 2.75) is 6.04 Å². The zero-order valence-electron chi connectivity index (χ0n) is 13.6. The van der Waals surface area contributed by atoms with Crippen LogP contribution >= 0.6 is 0 Å². The molecule has 0 amide bonds. The van der Waals surface area contributed by atoms with E-state index < -0.39 is 0 Å². The standard InChI is InChI=1S/C22H17N3/c1-3-9-15(10-4-1)20-19-17-13-7-8-14-18(17)23-22(19)25-21(24-20)16-11-5-2-6-12-16/h1-14,20,23H,(H,24,25). The van der Waals surface area contributed by atoms with E-state index in [2.05, 4.69) is 71.0 Å². The van der Waals surface area contributed by atoms with Gasteiger partial charge in [0.05, 0.1) is 0 Å². The third kappa shape index (κ3) is 2.32. The fourth-order valence-corrected chi connectivity index (χ4v) is 3.51. The molecule has 25 heavy (non-hydrogen) atoms. The average molecular weight is 323 g/mol. The number of para-hydroxylation sites is 1. The van der Waals surface area contributed by atoms with Crippen LogP contribution in [0.2, 0.25) is 0 Å². The summed E-state index contributed by atoms with van der Waals surface area (Å²) in [5.41, 5.74) is 4.63. The van der Waals surface area contributed by atoms with Gasteiger partial charge in [0.2, 0.25) is 0 Å². The van der Waals surface area contributed by atoms with E-state index in [1.165, 1.54) is 16.5 Å². The molecule has 1 atom stereocenters. The van der Waals surface area contributed by atoms with Gasteiger partial charge in [0.15, 0.2) is 0 Å². The van der Waals surface area contributed by atoms with E-state index in [0.29, 0.717) is 0 Å². The average Bonchev–Trinajstić information content (AvgIpc) is 3.07. The number of anilines is 1. The second-order valence-electron chi connectivity index (χ2n) is 6.24. The second kappa shape index (κ2) is 5.64. The van der Waals surface area contributed by atoms with Crippen molar-refractivity contribution in [3.05, 3.63) is 102 Å². The molecular formula is C22H17N3. The number of H-pyrrole nitrogens is 1. The van der Waals surface area contributed by atoms with Gasteiger partial charge >= 0.3 is 0 Å². The molecule has 5 rings (SSSR count). The van der Waals surface area contributed by atoms with Crippen LogP contribution in [0.15, 0.2) is 89.9 Å². The van der Waals surface area contributed by atoms with Gasteiger partial charge in [0.25, 0.3) is 0 Å². The van der Waals surface area contributed by atoms with Crippen molar-refractivity contribution in [2.24, 2.45) is 4.99 Å². The fraction of sp³-hybridized carbons (Fsp3) is 0.0455. The quantitative estimate of drug-likeness (QED) is 0.527. The van der Waals surface area contributed by atoms with Crippen molar-refractivity contribution in [1.29, 1.82) is 0 Å². The van der Waals surface area contributed by atoms with Crippen LogP contribution in [-0.2, 0) is 0 Å². The normalized spacial score (nSPS) is 16.2. The van der Waals surface area contributed by atoms with Gasteiger partial charge in [-0.3, -0.25) is 4.99 Å². The minimum Gasteiger partial charge on any atom is -0.341 e. The molecule has 3 nitrogen and oxygen atoms in total. The van der Waals surface area contributed by atoms with E-state index in [0.717, 1.165) is 22.7 Å². The summed E-state index contributed by atoms with van der Waals surface area (Å²) in [5, 5.41) is 4.71. The summed E-state index contributed by atoms with van der Waals surface area (Å²) in [6, 6.07) is 29.1. The highest BCUT2D eigenvalue weighted by Crippen LogP contribution is 2.40. The third-order valence-corrected chi connectivity index (χ3v) is 4.68. The molecule has 0 saturated carbocycles. The Labute approximate surface area is 146 Å². The van der Waals surface area contributed by atoms with Crippen LogP contribution in [0.25, 0.3) is 10.9 Å². The summed E-state index contributed by atoms with van der Waals surface area (Å²) in [6.07, 6.45) is 0. The van der Waals surface area contributed by atoms with Crippen molar-refractivity contribution in [2.75, 3.05) is 5.32 Å². The number of benzene rings is 3. The molecule has 3 heteroatoms. The number of nitrogens with one attached hydrogen (secondary N) is 2. The highest BCUT2D eigenvalue weighted by atomic mass is 15.1. The third-order valence-electron chi connectivity index (χ3n) is 4.68. The summed E-state index contributed by atoms with van der Waals surface area (Å²) in [4.78, 5) is 8.60. The smallest absolute Gasteiger partial charge is 0.134 e. The number of hydrogen-bond donors (Lipinski definition) is 2. The first-order valence-corrected chi connectivity index (χ1v) is 8.46. The lowest BCUT2D eigenvalue weighted by Gasteiger charge is -2.23. The Morgan fingerprint density at radius 2 is 1.40 bits per heavy atom. The van der Waals surface area contributed by atoms with E-state index >= 15 is 0 Å². The lowest BCUT2D eigenvalue weighted by Crippen LogP contribution is -2.21. The van der Waals surface area contributed by atoms with E-state index in [-0.39, 0.29) is 6.04 Å². The highest BCUT2D eigenvalue weighted by molar-refractivity contribution is 6.11. The first kappa shape index (κ1) is 14.1. The van der Waals surface area contributed by atoms with Crippen molar-refractivity contribution in [1.82, 2.24) is 4.98 Å². The summed E-state index contributed by atoms with van der Waals surface area (Å²) in [5.74, 6) is 1.93. The van der Waals surface area contributed by atoms with Gasteiger partial charge in [-0.2, -0.15) is 0 Å². The predicted molar refractivity (Wildman–Crippen MR) is 103 cm³/mol. The fourth-order valence-electron chi connectivity index (χ4n) is 3.51. The van der Waals surface area contributed by atoms with Gasteiger partial charge in [-0.15, -0.1) is 0 Å². The minimum absolute atomic E-state index is 0.0243. The molecule has 0 radical (unpaired) electrons. The molecule has 3 aromatic carbocycles. The van der Waals surface area contributed by atoms with Crippen LogP contribution in [0.4, 0.5) is 5.82 Å². The zero-order valence-corrected chi connectivity index (χ0v) is 13.6. The molecular weight excluding hydrogens is 306 g/mol. The topological polar surface area (TPSA) is 40.2 Å². The Bertz CT molecular complexity index is 1060. The van der Waals surface area contributed by atoms with Gasteiger partial charge in [0, 0.05) is 22.0 Å². The molecule has 1 aliphatic heterocycles. The highest BCUT2D eigenvalue weighted by Gasteiger charge is 2.27. The monoisotopic (exact) mass is 323 g/mol. The van der Waals surface area contributed by atoms with Crippen molar-refractivity contribution in [3.8, 4) is 0 Å². The second-order valence-corrected chi connectivity index (χ2v) is 6.24. The van der Waals surface area contributed by atoms with Gasteiger partial charge < -0.3 is 10.3 Å². The molecule has 2 N–H and O–H groups in total. The first-order chi connectivity index (χ1) is 12.4. The van der Waals surface area contributed by atoms with Gasteiger partial charge in [-0.05, 0) is 11.6 Å². The number of amidine groups is 1. The molecule has 2 heterocycles. The van der Waals surface area contributed by atoms with Gasteiger partial charge in [-0.25, -0.2) is 0 Å². The summed E-state index contributed by atoms with van der Waals surface area (Å²) >= 11 is 0. The number of fused-ring (bicyclic) bond motifs is 3. The Balaban J connectivity index is 1.74. The lowest BCUT2D eigenvalue weighted by molar-refractivity contribution is 0.871. The van der Waals surface area contributed by atoms with Crippen LogP contribution in [0, 0.1) is 0 Å². The molecule has 120 valence electrons. The number of aliphatic imine (C=N–C) groups is 1. The van der Waals surface area contributed by atoms with Crippen LogP contribution < -0.4 is 5.32 Å². The predicted octanol–water partition coefficient (Wildman–Crippen LogP) is 5.13. The molecule has 4 aromatic rings. The maximum absolute atomic E-state index is 5.07. The molecule has 0 spiro atoms. The maximum Gasteiger partial charge on any atom is 0.134 e. The first-order valence-electron chi connectivity index (χ1n) is 8.46. The van der Waals surface area contributed by atoms with Crippen LogP contribution in [0.3, 0.4) is 0 Å². The van der Waals surface area contributed by atoms with Crippen LogP contribution in [0.5, 0.6) is 0 Å².